The molecule has 1 aromatic rings. The van der Waals surface area contributed by atoms with Gasteiger partial charge in [0.2, 0.25) is 5.91 Å². The molecular formula is C16H26N4O2. The fourth-order valence-corrected chi connectivity index (χ4v) is 3.95. The molecule has 22 heavy (non-hydrogen) atoms. The van der Waals surface area contributed by atoms with Gasteiger partial charge in [0.05, 0.1) is 13.2 Å². The average molecular weight is 306 g/mol. The smallest absolute Gasteiger partial charge is 0.222 e. The molecule has 1 spiro atoms. The summed E-state index contributed by atoms with van der Waals surface area (Å²) in [5.41, 5.74) is 0.201. The fraction of sp³-hybridized carbons (Fsp3) is 0.750. The lowest BCUT2D eigenvalue weighted by molar-refractivity contribution is -0.140. The van der Waals surface area contributed by atoms with E-state index in [0.29, 0.717) is 13.0 Å². The molecule has 122 valence electrons. The van der Waals surface area contributed by atoms with Crippen LogP contribution in [0.4, 0.5) is 0 Å². The second-order valence-electron chi connectivity index (χ2n) is 6.81. The van der Waals surface area contributed by atoms with Crippen molar-refractivity contribution in [2.45, 2.75) is 32.2 Å². The topological polar surface area (TPSA) is 61.6 Å². The molecule has 1 N–H and O–H groups in total. The predicted octanol–water partition coefficient (Wildman–Crippen LogP) is 0.617. The summed E-state index contributed by atoms with van der Waals surface area (Å²) in [7, 11) is 2.03. The van der Waals surface area contributed by atoms with E-state index in [1.165, 1.54) is 12.8 Å². The molecule has 3 heterocycles. The minimum atomic E-state index is 0.0544. The van der Waals surface area contributed by atoms with Crippen LogP contribution in [0.3, 0.4) is 0 Å². The number of carbonyl (C=O) groups is 1. The quantitative estimate of drug-likeness (QED) is 0.886. The molecule has 1 atom stereocenters. The summed E-state index contributed by atoms with van der Waals surface area (Å²) < 4.78 is 2.07. The molecule has 0 saturated carbocycles. The van der Waals surface area contributed by atoms with Crippen LogP contribution in [0.25, 0.3) is 0 Å². The van der Waals surface area contributed by atoms with Gasteiger partial charge >= 0.3 is 0 Å². The number of amides is 1. The standard InChI is InChI=1S/C16H26N4O2/c1-18-8-6-17-14(18)11-19-7-2-4-16(12-19)5-3-15(22)20(13-16)9-10-21/h6,8,21H,2-5,7,9-13H2,1H3/t16-/m0/s1. The maximum absolute atomic E-state index is 12.0. The van der Waals surface area contributed by atoms with Crippen molar-refractivity contribution < 1.29 is 9.90 Å². The number of aliphatic hydroxyl groups excluding tert-OH is 1. The van der Waals surface area contributed by atoms with E-state index in [4.69, 9.17) is 5.11 Å². The lowest BCUT2D eigenvalue weighted by Crippen LogP contribution is -2.54. The monoisotopic (exact) mass is 306 g/mol. The molecule has 6 nitrogen and oxygen atoms in total. The lowest BCUT2D eigenvalue weighted by atomic mass is 9.73. The van der Waals surface area contributed by atoms with E-state index >= 15 is 0 Å². The Balaban J connectivity index is 1.66. The number of carbonyl (C=O) groups excluding carboxylic acids is 1. The first-order valence-electron chi connectivity index (χ1n) is 8.19. The molecule has 3 rings (SSSR count). The third kappa shape index (κ3) is 3.17. The molecule has 2 aliphatic heterocycles. The number of hydrogen-bond donors (Lipinski definition) is 1. The van der Waals surface area contributed by atoms with E-state index < -0.39 is 0 Å². The molecule has 2 fully saturated rings. The predicted molar refractivity (Wildman–Crippen MR) is 83.1 cm³/mol. The van der Waals surface area contributed by atoms with Gasteiger partial charge in [0.1, 0.15) is 5.82 Å². The van der Waals surface area contributed by atoms with E-state index in [1.807, 2.05) is 24.3 Å². The number of nitrogens with zero attached hydrogens (tertiary/aromatic N) is 4. The van der Waals surface area contributed by atoms with E-state index in [1.54, 1.807) is 0 Å². The number of rotatable bonds is 4. The number of aryl methyl sites for hydroxylation is 1. The van der Waals surface area contributed by atoms with Crippen molar-refractivity contribution in [1.29, 1.82) is 0 Å². The van der Waals surface area contributed by atoms with Gasteiger partial charge in [-0.25, -0.2) is 4.98 Å². The van der Waals surface area contributed by atoms with Crippen molar-refractivity contribution in [3.63, 3.8) is 0 Å². The summed E-state index contributed by atoms with van der Waals surface area (Å²) in [5.74, 6) is 1.29. The third-order valence-electron chi connectivity index (χ3n) is 5.14. The van der Waals surface area contributed by atoms with Crippen molar-refractivity contribution in [3.8, 4) is 0 Å². The van der Waals surface area contributed by atoms with Crippen LogP contribution in [0.5, 0.6) is 0 Å². The Morgan fingerprint density at radius 2 is 2.23 bits per heavy atom. The summed E-state index contributed by atoms with van der Waals surface area (Å²) in [6, 6.07) is 0. The van der Waals surface area contributed by atoms with Gasteiger partial charge in [0, 0.05) is 50.9 Å². The van der Waals surface area contributed by atoms with Crippen molar-refractivity contribution in [3.05, 3.63) is 18.2 Å². The number of hydrogen-bond acceptors (Lipinski definition) is 4. The van der Waals surface area contributed by atoms with Crippen LogP contribution < -0.4 is 0 Å². The van der Waals surface area contributed by atoms with Crippen LogP contribution in [0.1, 0.15) is 31.5 Å². The minimum Gasteiger partial charge on any atom is -0.395 e. The Hall–Kier alpha value is -1.40. The highest BCUT2D eigenvalue weighted by molar-refractivity contribution is 5.77. The number of aliphatic hydroxyl groups is 1. The summed E-state index contributed by atoms with van der Waals surface area (Å²) in [6.45, 7) is 4.32. The normalized spacial score (nSPS) is 26.8. The first kappa shape index (κ1) is 15.5. The molecule has 2 saturated heterocycles. The molecular weight excluding hydrogens is 280 g/mol. The first-order chi connectivity index (χ1) is 10.6. The number of piperidine rings is 2. The zero-order valence-corrected chi connectivity index (χ0v) is 13.4. The van der Waals surface area contributed by atoms with Crippen LogP contribution in [0.2, 0.25) is 0 Å². The molecule has 1 amide bonds. The maximum Gasteiger partial charge on any atom is 0.222 e. The molecule has 0 bridgehead atoms. The van der Waals surface area contributed by atoms with Gasteiger partial charge in [0.25, 0.3) is 0 Å². The third-order valence-corrected chi connectivity index (χ3v) is 5.14. The first-order valence-corrected chi connectivity index (χ1v) is 8.19. The van der Waals surface area contributed by atoms with Gasteiger partial charge in [-0.05, 0) is 25.8 Å². The summed E-state index contributed by atoms with van der Waals surface area (Å²) in [4.78, 5) is 20.7. The number of β-amino-alcohol motifs (C(OH)–C–C–N with tert-alkyl or cyclic N) is 1. The highest BCUT2D eigenvalue weighted by Crippen LogP contribution is 2.39. The summed E-state index contributed by atoms with van der Waals surface area (Å²) in [6.07, 6.45) is 7.78. The highest BCUT2D eigenvalue weighted by Gasteiger charge is 2.41. The van der Waals surface area contributed by atoms with Crippen LogP contribution in [0, 0.1) is 5.41 Å². The number of imidazole rings is 1. The van der Waals surface area contributed by atoms with Crippen molar-refractivity contribution in [1.82, 2.24) is 19.4 Å². The molecule has 0 aliphatic carbocycles. The van der Waals surface area contributed by atoms with E-state index in [0.717, 1.165) is 38.4 Å². The molecule has 0 radical (unpaired) electrons. The Morgan fingerprint density at radius 3 is 2.95 bits per heavy atom. The Bertz CT molecular complexity index is 530. The Kier molecular flexibility index (Phi) is 4.49. The van der Waals surface area contributed by atoms with Gasteiger partial charge in [-0.2, -0.15) is 0 Å². The van der Waals surface area contributed by atoms with Crippen LogP contribution in [-0.2, 0) is 18.4 Å². The fourth-order valence-electron chi connectivity index (χ4n) is 3.95. The van der Waals surface area contributed by atoms with Gasteiger partial charge in [-0.1, -0.05) is 0 Å². The van der Waals surface area contributed by atoms with Crippen molar-refractivity contribution in [2.75, 3.05) is 32.8 Å². The second kappa shape index (κ2) is 6.38. The Labute approximate surface area is 131 Å². The second-order valence-corrected chi connectivity index (χ2v) is 6.81. The molecule has 0 unspecified atom stereocenters. The van der Waals surface area contributed by atoms with E-state index in [2.05, 4.69) is 14.5 Å². The number of likely N-dealkylation sites (tertiary alicyclic amines) is 2. The highest BCUT2D eigenvalue weighted by atomic mass is 16.3. The SMILES string of the molecule is Cn1ccnc1CN1CCC[C@]2(CCC(=O)N(CCO)C2)C1. The van der Waals surface area contributed by atoms with Crippen molar-refractivity contribution in [2.24, 2.45) is 12.5 Å². The van der Waals surface area contributed by atoms with Crippen LogP contribution >= 0.6 is 0 Å². The average Bonchev–Trinajstić information content (AvgIpc) is 2.89. The summed E-state index contributed by atoms with van der Waals surface area (Å²) in [5, 5.41) is 9.16. The van der Waals surface area contributed by atoms with E-state index in [-0.39, 0.29) is 17.9 Å². The Morgan fingerprint density at radius 1 is 1.36 bits per heavy atom. The van der Waals surface area contributed by atoms with Crippen molar-refractivity contribution >= 4 is 5.91 Å². The molecule has 2 aliphatic rings. The lowest BCUT2D eigenvalue weighted by Gasteiger charge is -2.48. The van der Waals surface area contributed by atoms with Gasteiger partial charge in [0.15, 0.2) is 0 Å². The molecule has 1 aromatic heterocycles. The van der Waals surface area contributed by atoms with E-state index in [9.17, 15) is 4.79 Å². The maximum atomic E-state index is 12.0. The van der Waals surface area contributed by atoms with Gasteiger partial charge in [-0.15, -0.1) is 0 Å². The summed E-state index contributed by atoms with van der Waals surface area (Å²) >= 11 is 0. The molecule has 0 aromatic carbocycles. The largest absolute Gasteiger partial charge is 0.395 e. The number of aromatic nitrogens is 2. The van der Waals surface area contributed by atoms with Gasteiger partial charge in [-0.3, -0.25) is 9.69 Å². The zero-order chi connectivity index (χ0) is 15.6. The molecule has 6 heteroatoms. The van der Waals surface area contributed by atoms with Crippen LogP contribution in [-0.4, -0.2) is 63.2 Å². The minimum absolute atomic E-state index is 0.0544. The zero-order valence-electron chi connectivity index (χ0n) is 13.4. The van der Waals surface area contributed by atoms with Gasteiger partial charge < -0.3 is 14.6 Å². The van der Waals surface area contributed by atoms with Crippen LogP contribution in [0.15, 0.2) is 12.4 Å².